The standard InChI is InChI=1S/C37H39N3O/c1-35(2,3)27-19-18-26-28(36(4,5)6)22-31(39-33(26)34(27)41)37(7,8)23-16-17-25-24-13-9-10-14-29(24)40(30(25)21-23)32-15-11-12-20-38-32/h9-22,41H,1-8H3. The number of phenols is 1. The van der Waals surface area contributed by atoms with E-state index >= 15 is 0 Å². The smallest absolute Gasteiger partial charge is 0.145 e. The Hall–Kier alpha value is -4.18. The molecule has 0 aliphatic carbocycles. The van der Waals surface area contributed by atoms with Crippen LogP contribution in [0.2, 0.25) is 0 Å². The molecule has 0 saturated carbocycles. The minimum absolute atomic E-state index is 0.128. The van der Waals surface area contributed by atoms with E-state index in [1.165, 1.54) is 16.3 Å². The molecule has 4 heteroatoms. The van der Waals surface area contributed by atoms with Crippen LogP contribution >= 0.6 is 0 Å². The molecule has 0 atom stereocenters. The summed E-state index contributed by atoms with van der Waals surface area (Å²) >= 11 is 0. The van der Waals surface area contributed by atoms with Gasteiger partial charge in [0.25, 0.3) is 0 Å². The number of nitrogens with zero attached hydrogens (tertiary/aromatic N) is 3. The monoisotopic (exact) mass is 541 g/mol. The Labute approximate surface area is 242 Å². The van der Waals surface area contributed by atoms with Gasteiger partial charge in [-0.3, -0.25) is 4.57 Å². The van der Waals surface area contributed by atoms with Crippen molar-refractivity contribution < 1.29 is 5.11 Å². The minimum atomic E-state index is -0.433. The number of aromatic hydroxyl groups is 1. The van der Waals surface area contributed by atoms with E-state index in [9.17, 15) is 5.11 Å². The van der Waals surface area contributed by atoms with Crippen molar-refractivity contribution in [2.45, 2.75) is 71.6 Å². The number of benzene rings is 3. The average molecular weight is 542 g/mol. The first-order valence-corrected chi connectivity index (χ1v) is 14.4. The normalized spacial score (nSPS) is 13.0. The van der Waals surface area contributed by atoms with E-state index in [2.05, 4.69) is 127 Å². The second kappa shape index (κ2) is 9.17. The zero-order chi connectivity index (χ0) is 29.3. The van der Waals surface area contributed by atoms with Crippen LogP contribution in [0.3, 0.4) is 0 Å². The largest absolute Gasteiger partial charge is 0.505 e. The summed E-state index contributed by atoms with van der Waals surface area (Å²) in [6.45, 7) is 17.5. The van der Waals surface area contributed by atoms with E-state index in [1.807, 2.05) is 18.3 Å². The number of aromatic nitrogens is 3. The molecule has 3 aromatic carbocycles. The first-order valence-electron chi connectivity index (χ1n) is 14.4. The Kier molecular flexibility index (Phi) is 6.04. The second-order valence-electron chi connectivity index (χ2n) is 13.8. The van der Waals surface area contributed by atoms with Gasteiger partial charge in [-0.05, 0) is 52.3 Å². The number of phenolic OH excluding ortho intramolecular Hbond substituents is 1. The Morgan fingerprint density at radius 3 is 1.98 bits per heavy atom. The molecule has 6 aromatic rings. The summed E-state index contributed by atoms with van der Waals surface area (Å²) in [5, 5.41) is 15.0. The second-order valence-corrected chi connectivity index (χ2v) is 13.8. The predicted molar refractivity (Wildman–Crippen MR) is 172 cm³/mol. The molecule has 4 nitrogen and oxygen atoms in total. The first kappa shape index (κ1) is 27.0. The van der Waals surface area contributed by atoms with Gasteiger partial charge in [0.15, 0.2) is 0 Å². The fraction of sp³-hybridized carbons (Fsp3) is 0.297. The third-order valence-corrected chi connectivity index (χ3v) is 8.48. The summed E-state index contributed by atoms with van der Waals surface area (Å²) in [7, 11) is 0. The maximum Gasteiger partial charge on any atom is 0.145 e. The van der Waals surface area contributed by atoms with Crippen molar-refractivity contribution >= 4 is 32.7 Å². The van der Waals surface area contributed by atoms with Crippen LogP contribution in [-0.2, 0) is 16.2 Å². The fourth-order valence-electron chi connectivity index (χ4n) is 6.06. The van der Waals surface area contributed by atoms with E-state index in [-0.39, 0.29) is 16.6 Å². The van der Waals surface area contributed by atoms with E-state index in [0.717, 1.165) is 39.1 Å². The minimum Gasteiger partial charge on any atom is -0.505 e. The van der Waals surface area contributed by atoms with Gasteiger partial charge >= 0.3 is 0 Å². The van der Waals surface area contributed by atoms with Gasteiger partial charge in [-0.1, -0.05) is 104 Å². The fourth-order valence-corrected chi connectivity index (χ4v) is 6.06. The molecule has 0 spiro atoms. The SMILES string of the molecule is CC(C)(C)c1ccc2c(C(C)(C)C)cc(C(C)(C)c3ccc4c5ccccc5n(-c5ccccn5)c4c3)nc2c1O. The van der Waals surface area contributed by atoms with Gasteiger partial charge in [-0.15, -0.1) is 0 Å². The third-order valence-electron chi connectivity index (χ3n) is 8.48. The maximum absolute atomic E-state index is 11.5. The lowest BCUT2D eigenvalue weighted by Gasteiger charge is -2.30. The molecule has 0 amide bonds. The molecular formula is C37H39N3O. The van der Waals surface area contributed by atoms with Crippen molar-refractivity contribution in [2.24, 2.45) is 0 Å². The van der Waals surface area contributed by atoms with Gasteiger partial charge in [0.05, 0.1) is 16.7 Å². The highest BCUT2D eigenvalue weighted by molar-refractivity contribution is 6.09. The Morgan fingerprint density at radius 2 is 1.29 bits per heavy atom. The van der Waals surface area contributed by atoms with Crippen LogP contribution < -0.4 is 0 Å². The van der Waals surface area contributed by atoms with Crippen LogP contribution in [0.25, 0.3) is 38.5 Å². The molecule has 0 fully saturated rings. The zero-order valence-electron chi connectivity index (χ0n) is 25.4. The molecule has 3 aromatic heterocycles. The summed E-state index contributed by atoms with van der Waals surface area (Å²) in [6.07, 6.45) is 1.84. The zero-order valence-corrected chi connectivity index (χ0v) is 25.4. The van der Waals surface area contributed by atoms with Crippen LogP contribution in [0.15, 0.2) is 85.1 Å². The highest BCUT2D eigenvalue weighted by Crippen LogP contribution is 2.43. The third kappa shape index (κ3) is 4.37. The molecule has 0 aliphatic heterocycles. The lowest BCUT2D eigenvalue weighted by atomic mass is 9.76. The van der Waals surface area contributed by atoms with Crippen molar-refractivity contribution in [3.8, 4) is 11.6 Å². The molecule has 3 heterocycles. The Bertz CT molecular complexity index is 1930. The number of rotatable bonds is 3. The lowest BCUT2D eigenvalue weighted by Crippen LogP contribution is -2.23. The molecule has 0 radical (unpaired) electrons. The Balaban J connectivity index is 1.62. The molecule has 208 valence electrons. The maximum atomic E-state index is 11.5. The highest BCUT2D eigenvalue weighted by Gasteiger charge is 2.31. The van der Waals surface area contributed by atoms with Gasteiger partial charge in [0.2, 0.25) is 0 Å². The van der Waals surface area contributed by atoms with E-state index < -0.39 is 5.41 Å². The van der Waals surface area contributed by atoms with Gasteiger partial charge in [0.1, 0.15) is 17.1 Å². The van der Waals surface area contributed by atoms with Crippen molar-refractivity contribution in [1.29, 1.82) is 0 Å². The molecule has 0 aliphatic rings. The summed E-state index contributed by atoms with van der Waals surface area (Å²) in [4.78, 5) is 9.91. The predicted octanol–water partition coefficient (Wildman–Crippen LogP) is 9.35. The number of pyridine rings is 2. The number of hydrogen-bond acceptors (Lipinski definition) is 3. The van der Waals surface area contributed by atoms with Crippen LogP contribution in [0, 0.1) is 0 Å². The molecule has 6 rings (SSSR count). The average Bonchev–Trinajstić information content (AvgIpc) is 3.25. The van der Waals surface area contributed by atoms with Gasteiger partial charge in [-0.2, -0.15) is 0 Å². The quantitative estimate of drug-likeness (QED) is 0.243. The number of para-hydroxylation sites is 1. The van der Waals surface area contributed by atoms with Crippen LogP contribution in [-0.4, -0.2) is 19.6 Å². The topological polar surface area (TPSA) is 50.9 Å². The molecule has 0 saturated heterocycles. The summed E-state index contributed by atoms with van der Waals surface area (Å²) < 4.78 is 2.25. The van der Waals surface area contributed by atoms with Gasteiger partial charge < -0.3 is 5.11 Å². The van der Waals surface area contributed by atoms with Crippen molar-refractivity contribution in [3.05, 3.63) is 107 Å². The van der Waals surface area contributed by atoms with E-state index in [1.54, 1.807) is 0 Å². The van der Waals surface area contributed by atoms with Gasteiger partial charge in [-0.25, -0.2) is 9.97 Å². The van der Waals surface area contributed by atoms with Crippen molar-refractivity contribution in [1.82, 2.24) is 14.5 Å². The van der Waals surface area contributed by atoms with Crippen LogP contribution in [0.5, 0.6) is 5.75 Å². The number of fused-ring (bicyclic) bond motifs is 4. The Morgan fingerprint density at radius 1 is 0.634 bits per heavy atom. The summed E-state index contributed by atoms with van der Waals surface area (Å²) in [5.41, 5.74) is 6.36. The first-order chi connectivity index (χ1) is 19.3. The van der Waals surface area contributed by atoms with Crippen LogP contribution in [0.4, 0.5) is 0 Å². The lowest BCUT2D eigenvalue weighted by molar-refractivity contribution is 0.451. The van der Waals surface area contributed by atoms with E-state index in [4.69, 9.17) is 9.97 Å². The molecule has 1 N–H and O–H groups in total. The van der Waals surface area contributed by atoms with E-state index in [0.29, 0.717) is 5.52 Å². The van der Waals surface area contributed by atoms with Crippen molar-refractivity contribution in [2.75, 3.05) is 0 Å². The van der Waals surface area contributed by atoms with Crippen LogP contribution in [0.1, 0.15) is 77.8 Å². The molecule has 41 heavy (non-hydrogen) atoms. The highest BCUT2D eigenvalue weighted by atomic mass is 16.3. The molecular weight excluding hydrogens is 502 g/mol. The number of hydrogen-bond donors (Lipinski definition) is 1. The summed E-state index contributed by atoms with van der Waals surface area (Å²) in [5.74, 6) is 1.18. The molecule has 0 unspecified atom stereocenters. The van der Waals surface area contributed by atoms with Gasteiger partial charge in [0, 0.05) is 33.3 Å². The van der Waals surface area contributed by atoms with Crippen molar-refractivity contribution in [3.63, 3.8) is 0 Å². The molecule has 0 bridgehead atoms. The summed E-state index contributed by atoms with van der Waals surface area (Å²) in [6, 6.07) is 27.7.